The normalized spacial score (nSPS) is 11.6. The summed E-state index contributed by atoms with van der Waals surface area (Å²) in [5.41, 5.74) is 1.80. The van der Waals surface area contributed by atoms with Gasteiger partial charge in [0.2, 0.25) is 10.0 Å². The van der Waals surface area contributed by atoms with E-state index in [1.54, 1.807) is 48.9 Å². The number of pyridine rings is 1. The Bertz CT molecular complexity index is 1210. The number of benzene rings is 2. The van der Waals surface area contributed by atoms with Crippen LogP contribution in [0.3, 0.4) is 0 Å². The van der Waals surface area contributed by atoms with Crippen LogP contribution in [0, 0.1) is 0 Å². The van der Waals surface area contributed by atoms with Crippen LogP contribution in [0.25, 0.3) is 0 Å². The number of hydrogen-bond donors (Lipinski definition) is 1. The highest BCUT2D eigenvalue weighted by Crippen LogP contribution is 2.18. The molecule has 8 heteroatoms. The monoisotopic (exact) mass is 439 g/mol. The highest BCUT2D eigenvalue weighted by Gasteiger charge is 2.23. The van der Waals surface area contributed by atoms with Gasteiger partial charge < -0.3 is 9.88 Å². The molecule has 31 heavy (non-hydrogen) atoms. The van der Waals surface area contributed by atoms with E-state index in [0.29, 0.717) is 17.8 Å². The molecule has 1 heterocycles. The van der Waals surface area contributed by atoms with E-state index in [4.69, 9.17) is 0 Å². The second-order valence-electron chi connectivity index (χ2n) is 7.46. The first kappa shape index (κ1) is 22.5. The third-order valence-electron chi connectivity index (χ3n) is 4.98. The van der Waals surface area contributed by atoms with Crippen molar-refractivity contribution >= 4 is 21.6 Å². The van der Waals surface area contributed by atoms with Crippen LogP contribution in [0.5, 0.6) is 0 Å². The van der Waals surface area contributed by atoms with Crippen LogP contribution < -0.4 is 10.9 Å². The Hall–Kier alpha value is -3.23. The number of carbonyl (C=O) groups excluding carboxylic acids is 1. The zero-order valence-electron chi connectivity index (χ0n) is 17.6. The number of anilines is 1. The molecule has 1 aromatic heterocycles. The van der Waals surface area contributed by atoms with Gasteiger partial charge in [0.15, 0.2) is 0 Å². The molecule has 0 saturated carbocycles. The van der Waals surface area contributed by atoms with Crippen molar-refractivity contribution in [3.05, 3.63) is 94.4 Å². The summed E-state index contributed by atoms with van der Waals surface area (Å²) in [6.45, 7) is 4.03. The van der Waals surface area contributed by atoms with Crippen molar-refractivity contribution in [3.63, 3.8) is 0 Å². The average molecular weight is 440 g/mol. The van der Waals surface area contributed by atoms with Crippen molar-refractivity contribution in [2.45, 2.75) is 31.3 Å². The number of nitrogens with one attached hydrogen (secondary N) is 1. The van der Waals surface area contributed by atoms with Crippen molar-refractivity contribution in [2.24, 2.45) is 0 Å². The minimum atomic E-state index is -3.60. The molecule has 0 saturated heterocycles. The lowest BCUT2D eigenvalue weighted by molar-refractivity contribution is 0.102. The van der Waals surface area contributed by atoms with E-state index in [0.717, 1.165) is 5.56 Å². The van der Waals surface area contributed by atoms with Crippen LogP contribution in [-0.2, 0) is 16.6 Å². The Morgan fingerprint density at radius 2 is 1.65 bits per heavy atom. The van der Waals surface area contributed by atoms with Gasteiger partial charge in [0.1, 0.15) is 0 Å². The van der Waals surface area contributed by atoms with Gasteiger partial charge in [-0.15, -0.1) is 0 Å². The third kappa shape index (κ3) is 5.28. The number of hydrogen-bond acceptors (Lipinski definition) is 4. The molecule has 0 aliphatic carbocycles. The molecular formula is C23H25N3O4S. The zero-order chi connectivity index (χ0) is 22.6. The van der Waals surface area contributed by atoms with E-state index in [9.17, 15) is 18.0 Å². The molecule has 0 fully saturated rings. The molecule has 7 nitrogen and oxygen atoms in total. The van der Waals surface area contributed by atoms with Gasteiger partial charge in [0.05, 0.1) is 11.4 Å². The Balaban J connectivity index is 1.67. The van der Waals surface area contributed by atoms with Gasteiger partial charge >= 0.3 is 0 Å². The zero-order valence-corrected chi connectivity index (χ0v) is 18.5. The van der Waals surface area contributed by atoms with Crippen LogP contribution in [0.4, 0.5) is 5.69 Å². The van der Waals surface area contributed by atoms with Crippen LogP contribution in [0.15, 0.2) is 82.6 Å². The fourth-order valence-corrected chi connectivity index (χ4v) is 4.27. The highest BCUT2D eigenvalue weighted by molar-refractivity contribution is 7.89. The summed E-state index contributed by atoms with van der Waals surface area (Å²) in [5, 5.41) is 2.79. The second-order valence-corrected chi connectivity index (χ2v) is 9.45. The first-order valence-corrected chi connectivity index (χ1v) is 11.3. The summed E-state index contributed by atoms with van der Waals surface area (Å²) in [5.74, 6) is -0.340. The number of sulfonamides is 1. The average Bonchev–Trinajstić information content (AvgIpc) is 2.76. The molecule has 1 N–H and O–H groups in total. The van der Waals surface area contributed by atoms with Gasteiger partial charge in [-0.25, -0.2) is 8.42 Å². The summed E-state index contributed by atoms with van der Waals surface area (Å²) in [7, 11) is -2.07. The minimum Gasteiger partial charge on any atom is -0.322 e. The Morgan fingerprint density at radius 1 is 1.00 bits per heavy atom. The predicted octanol–water partition coefficient (Wildman–Crippen LogP) is 3.18. The van der Waals surface area contributed by atoms with Gasteiger partial charge in [0.25, 0.3) is 11.5 Å². The smallest absolute Gasteiger partial charge is 0.255 e. The summed E-state index contributed by atoms with van der Waals surface area (Å²) in [6.07, 6.45) is 1.72. The molecular weight excluding hydrogens is 414 g/mol. The summed E-state index contributed by atoms with van der Waals surface area (Å²) in [6, 6.07) is 17.9. The van der Waals surface area contributed by atoms with Crippen LogP contribution in [0.2, 0.25) is 0 Å². The fraction of sp³-hybridized carbons (Fsp3) is 0.217. The molecule has 0 aliphatic rings. The molecule has 3 rings (SSSR count). The Morgan fingerprint density at radius 3 is 2.23 bits per heavy atom. The quantitative estimate of drug-likeness (QED) is 0.612. The molecule has 0 aliphatic heterocycles. The van der Waals surface area contributed by atoms with Crippen molar-refractivity contribution in [1.82, 2.24) is 8.87 Å². The van der Waals surface area contributed by atoms with E-state index in [-0.39, 0.29) is 22.4 Å². The number of carbonyl (C=O) groups is 1. The molecule has 0 unspecified atom stereocenters. The standard InChI is InChI=1S/C23H25N3O4S/c1-17(2)25(3)31(29,30)21-13-9-19(10-14-21)23(28)24-20-11-7-18(8-12-20)16-26-15-5-4-6-22(26)27/h4-15,17H,16H2,1-3H3,(H,24,28). The number of rotatable bonds is 7. The van der Waals surface area contributed by atoms with Gasteiger partial charge in [-0.2, -0.15) is 4.31 Å². The number of amides is 1. The molecule has 162 valence electrons. The lowest BCUT2D eigenvalue weighted by Gasteiger charge is -2.21. The highest BCUT2D eigenvalue weighted by atomic mass is 32.2. The van der Waals surface area contributed by atoms with Gasteiger partial charge in [-0.05, 0) is 61.9 Å². The molecule has 0 spiro atoms. The van der Waals surface area contributed by atoms with Crippen molar-refractivity contribution < 1.29 is 13.2 Å². The first-order valence-electron chi connectivity index (χ1n) is 9.82. The second kappa shape index (κ2) is 9.28. The maximum atomic E-state index is 12.5. The lowest BCUT2D eigenvalue weighted by Crippen LogP contribution is -2.33. The molecule has 3 aromatic rings. The number of aromatic nitrogens is 1. The SMILES string of the molecule is CC(C)N(C)S(=O)(=O)c1ccc(C(=O)Nc2ccc(Cn3ccccc3=O)cc2)cc1. The van der Waals surface area contributed by atoms with Crippen molar-refractivity contribution in [1.29, 1.82) is 0 Å². The van der Waals surface area contributed by atoms with E-state index < -0.39 is 10.0 Å². The van der Waals surface area contributed by atoms with E-state index in [1.807, 2.05) is 12.1 Å². The fourth-order valence-electron chi connectivity index (χ4n) is 2.91. The van der Waals surface area contributed by atoms with E-state index in [2.05, 4.69) is 5.32 Å². The molecule has 0 radical (unpaired) electrons. The summed E-state index contributed by atoms with van der Waals surface area (Å²) < 4.78 is 27.9. The van der Waals surface area contributed by atoms with Crippen LogP contribution in [-0.4, -0.2) is 36.3 Å². The van der Waals surface area contributed by atoms with E-state index in [1.165, 1.54) is 41.7 Å². The van der Waals surface area contributed by atoms with E-state index >= 15 is 0 Å². The summed E-state index contributed by atoms with van der Waals surface area (Å²) >= 11 is 0. The maximum Gasteiger partial charge on any atom is 0.255 e. The first-order chi connectivity index (χ1) is 14.7. The minimum absolute atomic E-state index is 0.0788. The third-order valence-corrected chi connectivity index (χ3v) is 7.03. The largest absolute Gasteiger partial charge is 0.322 e. The molecule has 1 amide bonds. The maximum absolute atomic E-state index is 12.5. The Kier molecular flexibility index (Phi) is 6.72. The van der Waals surface area contributed by atoms with Crippen LogP contribution in [0.1, 0.15) is 29.8 Å². The van der Waals surface area contributed by atoms with Crippen LogP contribution >= 0.6 is 0 Å². The van der Waals surface area contributed by atoms with Crippen molar-refractivity contribution in [3.8, 4) is 0 Å². The van der Waals surface area contributed by atoms with Gasteiger partial charge in [-0.1, -0.05) is 18.2 Å². The summed E-state index contributed by atoms with van der Waals surface area (Å²) in [4.78, 5) is 24.5. The molecule has 0 bridgehead atoms. The predicted molar refractivity (Wildman–Crippen MR) is 121 cm³/mol. The Labute approximate surface area is 182 Å². The van der Waals surface area contributed by atoms with Gasteiger partial charge in [-0.3, -0.25) is 9.59 Å². The van der Waals surface area contributed by atoms with Crippen molar-refractivity contribution in [2.75, 3.05) is 12.4 Å². The number of nitrogens with zero attached hydrogens (tertiary/aromatic N) is 2. The molecule has 2 aromatic carbocycles. The lowest BCUT2D eigenvalue weighted by atomic mass is 10.1. The topological polar surface area (TPSA) is 88.5 Å². The molecule has 0 atom stereocenters. The van der Waals surface area contributed by atoms with Gasteiger partial charge in [0, 0.05) is 36.6 Å².